The lowest BCUT2D eigenvalue weighted by atomic mass is 9.82. The molecule has 8 nitrogen and oxygen atoms in total. The Morgan fingerprint density at radius 3 is 2.65 bits per heavy atom. The first-order chi connectivity index (χ1) is 17.6. The number of aliphatic carboxylic acids is 1. The summed E-state index contributed by atoms with van der Waals surface area (Å²) < 4.78 is 48.9. The summed E-state index contributed by atoms with van der Waals surface area (Å²) in [6, 6.07) is 6.34. The second-order valence-corrected chi connectivity index (χ2v) is 9.67. The number of hydrogen-bond donors (Lipinski definition) is 2. The minimum atomic E-state index is -1.08. The molecule has 1 atom stereocenters. The third-order valence-corrected chi connectivity index (χ3v) is 6.63. The molecule has 4 rings (SSSR count). The number of methoxy groups -OCH3 is 2. The van der Waals surface area contributed by atoms with Crippen molar-refractivity contribution in [2.45, 2.75) is 38.5 Å². The molecule has 2 N–H and O–H groups in total. The number of carbonyl (C=O) groups is 1. The van der Waals surface area contributed by atoms with Gasteiger partial charge in [-0.1, -0.05) is 20.8 Å². The first-order valence-electron chi connectivity index (χ1n) is 12.0. The Labute approximate surface area is 213 Å². The maximum atomic E-state index is 16.3. The van der Waals surface area contributed by atoms with E-state index in [2.05, 4.69) is 10.2 Å². The molecule has 0 amide bonds. The van der Waals surface area contributed by atoms with Crippen molar-refractivity contribution in [1.29, 1.82) is 0 Å². The fourth-order valence-electron chi connectivity index (χ4n) is 5.07. The summed E-state index contributed by atoms with van der Waals surface area (Å²) in [6.45, 7) is 5.84. The predicted octanol–water partition coefficient (Wildman–Crippen LogP) is 5.31. The SMILES string of the molecule is CC[C@H](COCC(=O)O)c1c(C(C)(C)COC)n(-c2ccc(F)c(OC)c2)c2cc3cn[nH]c3c(F)c12. The van der Waals surface area contributed by atoms with E-state index in [1.54, 1.807) is 25.4 Å². The number of nitrogens with zero attached hydrogens (tertiary/aromatic N) is 2. The Balaban J connectivity index is 2.14. The summed E-state index contributed by atoms with van der Waals surface area (Å²) in [5.41, 5.74) is 2.21. The van der Waals surface area contributed by atoms with Gasteiger partial charge in [0.25, 0.3) is 0 Å². The number of fused-ring (bicyclic) bond motifs is 2. The highest BCUT2D eigenvalue weighted by molar-refractivity contribution is 6.00. The van der Waals surface area contributed by atoms with Crippen LogP contribution in [0.15, 0.2) is 30.5 Å². The van der Waals surface area contributed by atoms with Crippen molar-refractivity contribution in [3.63, 3.8) is 0 Å². The third-order valence-electron chi connectivity index (χ3n) is 6.63. The van der Waals surface area contributed by atoms with Crippen LogP contribution in [0.1, 0.15) is 44.4 Å². The molecule has 2 heterocycles. The Morgan fingerprint density at radius 2 is 2.00 bits per heavy atom. The lowest BCUT2D eigenvalue weighted by Crippen LogP contribution is -2.29. The second-order valence-electron chi connectivity index (χ2n) is 9.67. The van der Waals surface area contributed by atoms with Gasteiger partial charge < -0.3 is 23.9 Å². The van der Waals surface area contributed by atoms with Crippen LogP contribution >= 0.6 is 0 Å². The number of carboxylic acid groups (broad SMARTS) is 1. The van der Waals surface area contributed by atoms with E-state index in [4.69, 9.17) is 19.3 Å². The minimum Gasteiger partial charge on any atom is -0.494 e. The number of ether oxygens (including phenoxy) is 3. The van der Waals surface area contributed by atoms with Gasteiger partial charge in [0.2, 0.25) is 0 Å². The van der Waals surface area contributed by atoms with Crippen molar-refractivity contribution in [2.75, 3.05) is 34.0 Å². The number of benzene rings is 2. The molecule has 0 spiro atoms. The zero-order valence-corrected chi connectivity index (χ0v) is 21.5. The quantitative estimate of drug-likeness (QED) is 0.281. The summed E-state index contributed by atoms with van der Waals surface area (Å²) in [5.74, 6) is -2.36. The lowest BCUT2D eigenvalue weighted by molar-refractivity contribution is -0.142. The van der Waals surface area contributed by atoms with Crippen LogP contribution in [0.5, 0.6) is 5.75 Å². The number of nitrogens with one attached hydrogen (secondary N) is 1. The van der Waals surface area contributed by atoms with Crippen molar-refractivity contribution < 1.29 is 32.9 Å². The second kappa shape index (κ2) is 10.5. The topological polar surface area (TPSA) is 98.6 Å². The zero-order chi connectivity index (χ0) is 26.9. The maximum Gasteiger partial charge on any atom is 0.329 e. The van der Waals surface area contributed by atoms with Crippen LogP contribution in [0, 0.1) is 11.6 Å². The van der Waals surface area contributed by atoms with E-state index in [9.17, 15) is 9.18 Å². The largest absolute Gasteiger partial charge is 0.494 e. The molecule has 0 aliphatic rings. The van der Waals surface area contributed by atoms with E-state index in [0.717, 1.165) is 5.69 Å². The summed E-state index contributed by atoms with van der Waals surface area (Å²) in [7, 11) is 2.98. The smallest absolute Gasteiger partial charge is 0.329 e. The maximum absolute atomic E-state index is 16.3. The molecule has 2 aromatic carbocycles. The molecule has 0 aliphatic heterocycles. The van der Waals surface area contributed by atoms with E-state index in [1.165, 1.54) is 13.2 Å². The van der Waals surface area contributed by atoms with Crippen molar-refractivity contribution >= 4 is 27.8 Å². The summed E-state index contributed by atoms with van der Waals surface area (Å²) in [6.07, 6.45) is 2.11. The average molecular weight is 516 g/mol. The first kappa shape index (κ1) is 26.6. The number of hydrogen-bond acceptors (Lipinski definition) is 5. The minimum absolute atomic E-state index is 0.0538. The van der Waals surface area contributed by atoms with E-state index in [-0.39, 0.29) is 23.8 Å². The normalized spacial score (nSPS) is 12.9. The molecule has 0 bridgehead atoms. The van der Waals surface area contributed by atoms with Gasteiger partial charge in [0.1, 0.15) is 12.1 Å². The van der Waals surface area contributed by atoms with Gasteiger partial charge in [-0.25, -0.2) is 13.6 Å². The van der Waals surface area contributed by atoms with E-state index >= 15 is 4.39 Å². The molecule has 0 saturated heterocycles. The number of rotatable bonds is 11. The van der Waals surface area contributed by atoms with E-state index in [0.29, 0.717) is 40.6 Å². The molecule has 0 fully saturated rings. The van der Waals surface area contributed by atoms with Gasteiger partial charge in [0.15, 0.2) is 17.4 Å². The number of aromatic amines is 1. The standard InChI is InChI=1S/C27H31F2N3O5/c1-6-15(12-37-13-21(33)34)22-23-19(9-16-11-30-31-25(16)24(23)29)32(26(22)27(2,3)14-35-4)17-7-8-18(28)20(10-17)36-5/h7-11,15H,6,12-14H2,1-5H3,(H,30,31)(H,33,34)/t15-/m1/s1. The highest BCUT2D eigenvalue weighted by Gasteiger charge is 2.36. The van der Waals surface area contributed by atoms with E-state index in [1.807, 2.05) is 31.4 Å². The van der Waals surface area contributed by atoms with Crippen LogP contribution in [0.25, 0.3) is 27.5 Å². The zero-order valence-electron chi connectivity index (χ0n) is 21.5. The fraction of sp³-hybridized carbons (Fsp3) is 0.407. The molecule has 10 heteroatoms. The molecule has 4 aromatic rings. The van der Waals surface area contributed by atoms with Gasteiger partial charge in [-0.2, -0.15) is 5.10 Å². The monoisotopic (exact) mass is 515 g/mol. The molecule has 0 aliphatic carbocycles. The number of H-pyrrole nitrogens is 1. The Bertz CT molecular complexity index is 1440. The van der Waals surface area contributed by atoms with Crippen LogP contribution in [0.3, 0.4) is 0 Å². The molecule has 0 unspecified atom stereocenters. The first-order valence-corrected chi connectivity index (χ1v) is 12.0. The van der Waals surface area contributed by atoms with Crippen LogP contribution in [-0.4, -0.2) is 59.9 Å². The molecular weight excluding hydrogens is 484 g/mol. The summed E-state index contributed by atoms with van der Waals surface area (Å²) in [5, 5.41) is 16.8. The van der Waals surface area contributed by atoms with Crippen LogP contribution in [-0.2, 0) is 19.7 Å². The number of carboxylic acids is 1. The van der Waals surface area contributed by atoms with Crippen LogP contribution < -0.4 is 4.74 Å². The van der Waals surface area contributed by atoms with Crippen LogP contribution in [0.2, 0.25) is 0 Å². The molecule has 2 aromatic heterocycles. The van der Waals surface area contributed by atoms with Gasteiger partial charge in [0.05, 0.1) is 32.0 Å². The lowest BCUT2D eigenvalue weighted by Gasteiger charge is -2.30. The van der Waals surface area contributed by atoms with Crippen molar-refractivity contribution in [3.05, 3.63) is 53.4 Å². The molecule has 0 radical (unpaired) electrons. The highest BCUT2D eigenvalue weighted by Crippen LogP contribution is 2.45. The highest BCUT2D eigenvalue weighted by atomic mass is 19.1. The van der Waals surface area contributed by atoms with E-state index < -0.39 is 29.6 Å². The average Bonchev–Trinajstić information content (AvgIpc) is 3.46. The number of aromatic nitrogens is 3. The molecular formula is C27H31F2N3O5. The molecule has 0 saturated carbocycles. The summed E-state index contributed by atoms with van der Waals surface area (Å²) >= 11 is 0. The summed E-state index contributed by atoms with van der Waals surface area (Å²) in [4.78, 5) is 11.1. The molecule has 198 valence electrons. The Hall–Kier alpha value is -3.50. The predicted molar refractivity (Wildman–Crippen MR) is 136 cm³/mol. The fourth-order valence-corrected chi connectivity index (χ4v) is 5.07. The van der Waals surface area contributed by atoms with Crippen molar-refractivity contribution in [2.24, 2.45) is 0 Å². The van der Waals surface area contributed by atoms with Crippen molar-refractivity contribution in [1.82, 2.24) is 14.8 Å². The molecule has 37 heavy (non-hydrogen) atoms. The van der Waals surface area contributed by atoms with Gasteiger partial charge >= 0.3 is 5.97 Å². The number of halogens is 2. The van der Waals surface area contributed by atoms with Gasteiger partial charge in [0, 0.05) is 46.7 Å². The van der Waals surface area contributed by atoms with Crippen molar-refractivity contribution in [3.8, 4) is 11.4 Å². The van der Waals surface area contributed by atoms with Crippen LogP contribution in [0.4, 0.5) is 8.78 Å². The van der Waals surface area contributed by atoms with Gasteiger partial charge in [-0.3, -0.25) is 5.10 Å². The van der Waals surface area contributed by atoms with Gasteiger partial charge in [-0.15, -0.1) is 0 Å². The van der Waals surface area contributed by atoms with Gasteiger partial charge in [-0.05, 0) is 30.2 Å². The third kappa shape index (κ3) is 4.78. The Morgan fingerprint density at radius 1 is 1.24 bits per heavy atom. The Kier molecular flexibility index (Phi) is 7.52.